The van der Waals surface area contributed by atoms with Crippen molar-refractivity contribution in [2.45, 2.75) is 39.5 Å². The minimum Gasteiger partial charge on any atom is -0.466 e. The van der Waals surface area contributed by atoms with Crippen LogP contribution in [-0.2, 0) is 20.7 Å². The Morgan fingerprint density at radius 3 is 2.20 bits per heavy atom. The van der Waals surface area contributed by atoms with Gasteiger partial charge in [-0.1, -0.05) is 12.1 Å². The molecule has 0 atom stereocenters. The molecule has 0 fully saturated rings. The average molecular weight is 278 g/mol. The molecule has 0 spiro atoms. The van der Waals surface area contributed by atoms with Crippen molar-refractivity contribution >= 4 is 11.9 Å². The van der Waals surface area contributed by atoms with E-state index in [1.54, 1.807) is 19.1 Å². The third-order valence-corrected chi connectivity index (χ3v) is 2.87. The summed E-state index contributed by atoms with van der Waals surface area (Å²) in [5.74, 6) is -0.425. The molecule has 0 aromatic heterocycles. The van der Waals surface area contributed by atoms with Gasteiger partial charge < -0.3 is 9.47 Å². The number of esters is 2. The van der Waals surface area contributed by atoms with E-state index >= 15 is 0 Å². The maximum absolute atomic E-state index is 11.5. The number of carbonyl (C=O) groups excluding carboxylic acids is 2. The van der Waals surface area contributed by atoms with Crippen molar-refractivity contribution in [3.05, 3.63) is 35.4 Å². The molecular formula is C16H22O4. The zero-order chi connectivity index (χ0) is 14.8. The van der Waals surface area contributed by atoms with E-state index in [4.69, 9.17) is 9.47 Å². The molecule has 0 heterocycles. The Morgan fingerprint density at radius 1 is 0.950 bits per heavy atom. The van der Waals surface area contributed by atoms with Crippen molar-refractivity contribution < 1.29 is 19.1 Å². The van der Waals surface area contributed by atoms with Crippen LogP contribution in [0.15, 0.2) is 24.3 Å². The molecule has 20 heavy (non-hydrogen) atoms. The summed E-state index contributed by atoms with van der Waals surface area (Å²) < 4.78 is 9.79. The van der Waals surface area contributed by atoms with Crippen LogP contribution in [0.4, 0.5) is 0 Å². The van der Waals surface area contributed by atoms with Gasteiger partial charge in [0.2, 0.25) is 0 Å². The van der Waals surface area contributed by atoms with Gasteiger partial charge in [0.1, 0.15) is 0 Å². The number of unbranched alkanes of at least 4 members (excludes halogenated alkanes) is 1. The van der Waals surface area contributed by atoms with E-state index in [1.807, 2.05) is 19.1 Å². The van der Waals surface area contributed by atoms with Gasteiger partial charge in [0.25, 0.3) is 0 Å². The Balaban J connectivity index is 2.31. The zero-order valence-corrected chi connectivity index (χ0v) is 12.2. The molecule has 0 unspecified atom stereocenters. The first-order valence-corrected chi connectivity index (χ1v) is 7.09. The Hall–Kier alpha value is -1.84. The number of hydrogen-bond donors (Lipinski definition) is 0. The first-order valence-electron chi connectivity index (χ1n) is 7.09. The van der Waals surface area contributed by atoms with Crippen molar-refractivity contribution in [2.75, 3.05) is 13.2 Å². The van der Waals surface area contributed by atoms with E-state index in [2.05, 4.69) is 0 Å². The molecule has 4 nitrogen and oxygen atoms in total. The van der Waals surface area contributed by atoms with Gasteiger partial charge in [0, 0.05) is 6.42 Å². The monoisotopic (exact) mass is 278 g/mol. The molecule has 0 N–H and O–H groups in total. The number of benzene rings is 1. The van der Waals surface area contributed by atoms with Crippen molar-refractivity contribution in [2.24, 2.45) is 0 Å². The fourth-order valence-corrected chi connectivity index (χ4v) is 1.85. The summed E-state index contributed by atoms with van der Waals surface area (Å²) in [4.78, 5) is 22.6. The average Bonchev–Trinajstić information content (AvgIpc) is 2.45. The lowest BCUT2D eigenvalue weighted by Gasteiger charge is -2.04. The summed E-state index contributed by atoms with van der Waals surface area (Å²) >= 11 is 0. The molecule has 0 aliphatic heterocycles. The first kappa shape index (κ1) is 16.2. The molecule has 4 heteroatoms. The second-order valence-corrected chi connectivity index (χ2v) is 4.43. The predicted octanol–water partition coefficient (Wildman–Crippen LogP) is 3.14. The summed E-state index contributed by atoms with van der Waals surface area (Å²) in [6.07, 6.45) is 3.10. The minimum atomic E-state index is -0.290. The van der Waals surface area contributed by atoms with Crippen LogP contribution in [0.25, 0.3) is 0 Å². The summed E-state index contributed by atoms with van der Waals surface area (Å²) in [6.45, 7) is 4.42. The van der Waals surface area contributed by atoms with Gasteiger partial charge in [-0.15, -0.1) is 0 Å². The third kappa shape index (κ3) is 5.87. The van der Waals surface area contributed by atoms with E-state index in [9.17, 15) is 9.59 Å². The van der Waals surface area contributed by atoms with Gasteiger partial charge in [-0.3, -0.25) is 4.79 Å². The number of hydrogen-bond acceptors (Lipinski definition) is 4. The van der Waals surface area contributed by atoms with Crippen molar-refractivity contribution in [1.82, 2.24) is 0 Å². The smallest absolute Gasteiger partial charge is 0.338 e. The fourth-order valence-electron chi connectivity index (χ4n) is 1.85. The Bertz CT molecular complexity index is 423. The lowest BCUT2D eigenvalue weighted by atomic mass is 10.1. The zero-order valence-electron chi connectivity index (χ0n) is 12.2. The van der Waals surface area contributed by atoms with Gasteiger partial charge in [0.05, 0.1) is 18.8 Å². The molecule has 0 bridgehead atoms. The summed E-state index contributed by atoms with van der Waals surface area (Å²) in [6, 6.07) is 7.41. The first-order chi connectivity index (χ1) is 9.67. The molecule has 0 radical (unpaired) electrons. The van der Waals surface area contributed by atoms with Crippen LogP contribution in [0.1, 0.15) is 49.0 Å². The van der Waals surface area contributed by atoms with Crippen molar-refractivity contribution in [3.8, 4) is 0 Å². The largest absolute Gasteiger partial charge is 0.466 e. The lowest BCUT2D eigenvalue weighted by molar-refractivity contribution is -0.143. The van der Waals surface area contributed by atoms with Crippen molar-refractivity contribution in [1.29, 1.82) is 0 Å². The molecule has 0 saturated carbocycles. The highest BCUT2D eigenvalue weighted by atomic mass is 16.5. The molecule has 0 saturated heterocycles. The predicted molar refractivity (Wildman–Crippen MR) is 76.6 cm³/mol. The number of rotatable bonds is 8. The van der Waals surface area contributed by atoms with Crippen molar-refractivity contribution in [3.63, 3.8) is 0 Å². The molecule has 0 aliphatic carbocycles. The van der Waals surface area contributed by atoms with E-state index < -0.39 is 0 Å². The Kier molecular flexibility index (Phi) is 7.40. The normalized spacial score (nSPS) is 10.1. The minimum absolute atomic E-state index is 0.134. The summed E-state index contributed by atoms with van der Waals surface area (Å²) in [5.41, 5.74) is 1.73. The topological polar surface area (TPSA) is 52.6 Å². The fraction of sp³-hybridized carbons (Fsp3) is 0.500. The third-order valence-electron chi connectivity index (χ3n) is 2.87. The lowest BCUT2D eigenvalue weighted by Crippen LogP contribution is -2.04. The molecular weight excluding hydrogens is 256 g/mol. The highest BCUT2D eigenvalue weighted by molar-refractivity contribution is 5.89. The standard InChI is InChI=1S/C16H22O4/c1-3-19-15(17)8-6-5-7-13-9-11-14(12-10-13)16(18)20-4-2/h9-12H,3-8H2,1-2H3. The van der Waals surface area contributed by atoms with E-state index in [0.29, 0.717) is 25.2 Å². The van der Waals surface area contributed by atoms with Crippen LogP contribution in [0.2, 0.25) is 0 Å². The highest BCUT2D eigenvalue weighted by Gasteiger charge is 2.06. The van der Waals surface area contributed by atoms with Crippen LogP contribution >= 0.6 is 0 Å². The van der Waals surface area contributed by atoms with Gasteiger partial charge >= 0.3 is 11.9 Å². The number of aryl methyl sites for hydroxylation is 1. The van der Waals surface area contributed by atoms with E-state index in [1.165, 1.54) is 0 Å². The van der Waals surface area contributed by atoms with Gasteiger partial charge in [-0.25, -0.2) is 4.79 Å². The molecule has 1 aromatic rings. The van der Waals surface area contributed by atoms with E-state index in [0.717, 1.165) is 24.8 Å². The van der Waals surface area contributed by atoms with Crippen LogP contribution < -0.4 is 0 Å². The summed E-state index contributed by atoms with van der Waals surface area (Å²) in [7, 11) is 0. The quantitative estimate of drug-likeness (QED) is 0.541. The molecule has 110 valence electrons. The van der Waals surface area contributed by atoms with Crippen LogP contribution in [-0.4, -0.2) is 25.2 Å². The van der Waals surface area contributed by atoms with Crippen LogP contribution in [0.5, 0.6) is 0 Å². The van der Waals surface area contributed by atoms with Gasteiger partial charge in [-0.05, 0) is 50.8 Å². The summed E-state index contributed by atoms with van der Waals surface area (Å²) in [5, 5.41) is 0. The number of ether oxygens (including phenoxy) is 2. The van der Waals surface area contributed by atoms with Crippen LogP contribution in [0, 0.1) is 0 Å². The van der Waals surface area contributed by atoms with Gasteiger partial charge in [-0.2, -0.15) is 0 Å². The second kappa shape index (κ2) is 9.13. The second-order valence-electron chi connectivity index (χ2n) is 4.43. The molecule has 1 aromatic carbocycles. The SMILES string of the molecule is CCOC(=O)CCCCc1ccc(C(=O)OCC)cc1. The highest BCUT2D eigenvalue weighted by Crippen LogP contribution is 2.10. The Morgan fingerprint density at radius 2 is 1.60 bits per heavy atom. The van der Waals surface area contributed by atoms with Crippen LogP contribution in [0.3, 0.4) is 0 Å². The van der Waals surface area contributed by atoms with Gasteiger partial charge in [0.15, 0.2) is 0 Å². The maximum Gasteiger partial charge on any atom is 0.338 e. The van der Waals surface area contributed by atoms with E-state index in [-0.39, 0.29) is 11.9 Å². The maximum atomic E-state index is 11.5. The molecule has 1 rings (SSSR count). The molecule has 0 amide bonds. The molecule has 0 aliphatic rings. The Labute approximate surface area is 120 Å². The number of carbonyl (C=O) groups is 2.